The molecule has 1 aromatic carbocycles. The van der Waals surface area contributed by atoms with Gasteiger partial charge in [0.25, 0.3) is 0 Å². The Morgan fingerprint density at radius 1 is 1.15 bits per heavy atom. The minimum Gasteiger partial charge on any atom is -0.383 e. The smallest absolute Gasteiger partial charge is 0.0345 e. The number of benzene rings is 1. The van der Waals surface area contributed by atoms with E-state index in [-0.39, 0.29) is 0 Å². The molecule has 1 fully saturated rings. The molecule has 20 heavy (non-hydrogen) atoms. The maximum absolute atomic E-state index is 3.70. The molecular formula is C18H28N2. The minimum atomic E-state index is 0.546. The van der Waals surface area contributed by atoms with E-state index >= 15 is 0 Å². The van der Waals surface area contributed by atoms with Crippen molar-refractivity contribution in [3.8, 4) is 0 Å². The van der Waals surface area contributed by atoms with Crippen molar-refractivity contribution in [1.82, 2.24) is 5.32 Å². The van der Waals surface area contributed by atoms with Crippen LogP contribution >= 0.6 is 0 Å². The summed E-state index contributed by atoms with van der Waals surface area (Å²) in [4.78, 5) is 0. The third-order valence-electron chi connectivity index (χ3n) is 4.81. The normalized spacial score (nSPS) is 23.9. The van der Waals surface area contributed by atoms with E-state index in [1.807, 2.05) is 0 Å². The van der Waals surface area contributed by atoms with Crippen molar-refractivity contribution in [2.45, 2.75) is 70.4 Å². The van der Waals surface area contributed by atoms with Gasteiger partial charge in [0.15, 0.2) is 0 Å². The molecule has 1 saturated heterocycles. The summed E-state index contributed by atoms with van der Waals surface area (Å²) < 4.78 is 0. The Bertz CT molecular complexity index is 433. The first-order valence-corrected chi connectivity index (χ1v) is 8.43. The molecule has 2 nitrogen and oxygen atoms in total. The summed E-state index contributed by atoms with van der Waals surface area (Å²) in [6, 6.07) is 8.21. The van der Waals surface area contributed by atoms with E-state index in [1.54, 1.807) is 11.1 Å². The number of fused-ring (bicyclic) bond motifs is 1. The zero-order valence-corrected chi connectivity index (χ0v) is 12.8. The van der Waals surface area contributed by atoms with Gasteiger partial charge in [0, 0.05) is 17.8 Å². The van der Waals surface area contributed by atoms with Gasteiger partial charge in [0.1, 0.15) is 0 Å². The molecule has 2 unspecified atom stereocenters. The summed E-state index contributed by atoms with van der Waals surface area (Å²) >= 11 is 0. The Labute approximate surface area is 123 Å². The highest BCUT2D eigenvalue weighted by Gasteiger charge is 2.16. The summed E-state index contributed by atoms with van der Waals surface area (Å²) in [5, 5.41) is 7.40. The van der Waals surface area contributed by atoms with Crippen molar-refractivity contribution < 1.29 is 0 Å². The van der Waals surface area contributed by atoms with E-state index in [0.717, 1.165) is 0 Å². The Morgan fingerprint density at radius 2 is 2.05 bits per heavy atom. The van der Waals surface area contributed by atoms with Crippen molar-refractivity contribution in [1.29, 1.82) is 0 Å². The average Bonchev–Trinajstić information content (AvgIpc) is 2.75. The van der Waals surface area contributed by atoms with Crippen LogP contribution in [0.5, 0.6) is 0 Å². The van der Waals surface area contributed by atoms with Crippen LogP contribution in [0.3, 0.4) is 0 Å². The topological polar surface area (TPSA) is 24.1 Å². The Morgan fingerprint density at radius 3 is 3.00 bits per heavy atom. The summed E-state index contributed by atoms with van der Waals surface area (Å²) in [7, 11) is 0. The average molecular weight is 272 g/mol. The van der Waals surface area contributed by atoms with Crippen LogP contribution in [0, 0.1) is 0 Å². The maximum atomic E-state index is 3.70. The molecule has 1 aliphatic heterocycles. The molecule has 3 rings (SSSR count). The molecule has 0 aromatic heterocycles. The van der Waals surface area contributed by atoms with Gasteiger partial charge in [-0.25, -0.2) is 0 Å². The SMILES string of the molecule is CC(CC1CCCCCN1)Nc1ccc2c(c1)CCC2. The molecule has 1 aliphatic carbocycles. The molecule has 0 radical (unpaired) electrons. The van der Waals surface area contributed by atoms with Crippen LogP contribution < -0.4 is 10.6 Å². The Hall–Kier alpha value is -1.02. The molecule has 110 valence electrons. The molecule has 0 spiro atoms. The number of hydrogen-bond donors (Lipinski definition) is 2. The second-order valence-corrected chi connectivity index (χ2v) is 6.62. The van der Waals surface area contributed by atoms with Crippen molar-refractivity contribution in [2.75, 3.05) is 11.9 Å². The van der Waals surface area contributed by atoms with Crippen LogP contribution in [0.2, 0.25) is 0 Å². The number of aryl methyl sites for hydroxylation is 2. The van der Waals surface area contributed by atoms with E-state index in [4.69, 9.17) is 0 Å². The van der Waals surface area contributed by atoms with Crippen LogP contribution in [-0.2, 0) is 12.8 Å². The number of hydrogen-bond acceptors (Lipinski definition) is 2. The van der Waals surface area contributed by atoms with Gasteiger partial charge in [0.05, 0.1) is 0 Å². The van der Waals surface area contributed by atoms with Gasteiger partial charge in [-0.15, -0.1) is 0 Å². The molecule has 2 heteroatoms. The summed E-state index contributed by atoms with van der Waals surface area (Å²) in [5.74, 6) is 0. The van der Waals surface area contributed by atoms with Gasteiger partial charge in [-0.2, -0.15) is 0 Å². The van der Waals surface area contributed by atoms with E-state index in [2.05, 4.69) is 35.8 Å². The second-order valence-electron chi connectivity index (χ2n) is 6.62. The third kappa shape index (κ3) is 3.54. The maximum Gasteiger partial charge on any atom is 0.0345 e. The lowest BCUT2D eigenvalue weighted by atomic mass is 10.0. The second kappa shape index (κ2) is 6.62. The largest absolute Gasteiger partial charge is 0.383 e. The monoisotopic (exact) mass is 272 g/mol. The first kappa shape index (κ1) is 13.9. The first-order chi connectivity index (χ1) is 9.81. The van der Waals surface area contributed by atoms with Crippen LogP contribution in [0.15, 0.2) is 18.2 Å². The number of anilines is 1. The molecule has 1 aromatic rings. The predicted molar refractivity (Wildman–Crippen MR) is 86.4 cm³/mol. The Balaban J connectivity index is 1.54. The molecule has 2 atom stereocenters. The highest BCUT2D eigenvalue weighted by molar-refractivity contribution is 5.50. The first-order valence-electron chi connectivity index (χ1n) is 8.43. The van der Waals surface area contributed by atoms with Crippen molar-refractivity contribution >= 4 is 5.69 Å². The molecule has 0 bridgehead atoms. The highest BCUT2D eigenvalue weighted by atomic mass is 15.0. The molecule has 0 saturated carbocycles. The predicted octanol–water partition coefficient (Wildman–Crippen LogP) is 3.90. The van der Waals surface area contributed by atoms with Crippen LogP contribution in [0.4, 0.5) is 5.69 Å². The zero-order valence-electron chi connectivity index (χ0n) is 12.8. The fourth-order valence-corrected chi connectivity index (χ4v) is 3.73. The third-order valence-corrected chi connectivity index (χ3v) is 4.81. The molecular weight excluding hydrogens is 244 g/mol. The highest BCUT2D eigenvalue weighted by Crippen LogP contribution is 2.25. The molecule has 0 amide bonds. The number of rotatable bonds is 4. The molecule has 1 heterocycles. The lowest BCUT2D eigenvalue weighted by Crippen LogP contribution is -2.33. The lowest BCUT2D eigenvalue weighted by molar-refractivity contribution is 0.456. The molecule has 2 aliphatic rings. The van der Waals surface area contributed by atoms with Crippen LogP contribution in [-0.4, -0.2) is 18.6 Å². The summed E-state index contributed by atoms with van der Waals surface area (Å²) in [6.07, 6.45) is 10.6. The van der Waals surface area contributed by atoms with Crippen LogP contribution in [0.1, 0.15) is 56.6 Å². The quantitative estimate of drug-likeness (QED) is 0.868. The van der Waals surface area contributed by atoms with Gasteiger partial charge < -0.3 is 10.6 Å². The minimum absolute atomic E-state index is 0.546. The van der Waals surface area contributed by atoms with Crippen molar-refractivity contribution in [3.63, 3.8) is 0 Å². The van der Waals surface area contributed by atoms with Gasteiger partial charge in [-0.05, 0) is 75.3 Å². The summed E-state index contributed by atoms with van der Waals surface area (Å²) in [5.41, 5.74) is 4.44. The van der Waals surface area contributed by atoms with Crippen molar-refractivity contribution in [3.05, 3.63) is 29.3 Å². The van der Waals surface area contributed by atoms with E-state index < -0.39 is 0 Å². The van der Waals surface area contributed by atoms with E-state index in [9.17, 15) is 0 Å². The standard InChI is InChI=1S/C18H28N2/c1-14(12-17-8-3-2-4-11-19-17)20-18-10-9-15-6-5-7-16(15)13-18/h9-10,13-14,17,19-20H,2-8,11-12H2,1H3. The van der Waals surface area contributed by atoms with Gasteiger partial charge in [-0.3, -0.25) is 0 Å². The fraction of sp³-hybridized carbons (Fsp3) is 0.667. The Kier molecular flexibility index (Phi) is 4.62. The van der Waals surface area contributed by atoms with Crippen LogP contribution in [0.25, 0.3) is 0 Å². The van der Waals surface area contributed by atoms with E-state index in [1.165, 1.54) is 63.6 Å². The zero-order chi connectivity index (χ0) is 13.8. The van der Waals surface area contributed by atoms with E-state index in [0.29, 0.717) is 12.1 Å². The van der Waals surface area contributed by atoms with Crippen molar-refractivity contribution in [2.24, 2.45) is 0 Å². The lowest BCUT2D eigenvalue weighted by Gasteiger charge is -2.22. The van der Waals surface area contributed by atoms with Gasteiger partial charge in [0.2, 0.25) is 0 Å². The van der Waals surface area contributed by atoms with Gasteiger partial charge in [-0.1, -0.05) is 18.9 Å². The van der Waals surface area contributed by atoms with Gasteiger partial charge >= 0.3 is 0 Å². The number of nitrogens with one attached hydrogen (secondary N) is 2. The summed E-state index contributed by atoms with van der Waals surface area (Å²) in [6.45, 7) is 3.52. The fourth-order valence-electron chi connectivity index (χ4n) is 3.73. The molecule has 2 N–H and O–H groups in total.